The van der Waals surface area contributed by atoms with Gasteiger partial charge < -0.3 is 20.1 Å². The number of halogens is 2. The van der Waals surface area contributed by atoms with E-state index < -0.39 is 17.9 Å². The molecule has 0 spiro atoms. The molecule has 0 bridgehead atoms. The Kier molecular flexibility index (Phi) is 6.54. The van der Waals surface area contributed by atoms with Crippen molar-refractivity contribution in [2.45, 2.75) is 38.3 Å². The Labute approximate surface area is 173 Å². The topological polar surface area (TPSA) is 91.2 Å². The summed E-state index contributed by atoms with van der Waals surface area (Å²) in [6.45, 7) is 2.72. The molecule has 1 aromatic carbocycles. The highest BCUT2D eigenvalue weighted by atomic mass is 35.5. The van der Waals surface area contributed by atoms with E-state index in [9.17, 15) is 14.0 Å². The lowest BCUT2D eigenvalue weighted by molar-refractivity contribution is -0.116. The van der Waals surface area contributed by atoms with Crippen LogP contribution < -0.4 is 10.2 Å². The maximum absolute atomic E-state index is 14.6. The second-order valence-corrected chi connectivity index (χ2v) is 7.37. The number of allylic oxidation sites excluding steroid dienone is 1. The number of hydrogen-bond donors (Lipinski definition) is 2. The van der Waals surface area contributed by atoms with Crippen molar-refractivity contribution < 1.29 is 23.8 Å². The van der Waals surface area contributed by atoms with Crippen LogP contribution in [0.3, 0.4) is 0 Å². The van der Waals surface area contributed by atoms with Crippen molar-refractivity contribution in [2.75, 3.05) is 25.1 Å². The first-order chi connectivity index (χ1) is 13.8. The summed E-state index contributed by atoms with van der Waals surface area (Å²) in [6, 6.07) is 4.01. The van der Waals surface area contributed by atoms with Gasteiger partial charge in [0.15, 0.2) is 5.82 Å². The van der Waals surface area contributed by atoms with Gasteiger partial charge in [-0.2, -0.15) is 0 Å². The van der Waals surface area contributed by atoms with Crippen LogP contribution in [0.4, 0.5) is 10.1 Å². The van der Waals surface area contributed by atoms with Crippen LogP contribution in [-0.2, 0) is 9.53 Å². The highest BCUT2D eigenvalue weighted by molar-refractivity contribution is 6.43. The molecule has 2 N–H and O–H groups in total. The summed E-state index contributed by atoms with van der Waals surface area (Å²) >= 11 is 6.06. The molecule has 1 amide bonds. The molecular formula is C20H23ClFN3O4. The van der Waals surface area contributed by atoms with Crippen molar-refractivity contribution in [3.05, 3.63) is 40.3 Å². The quantitative estimate of drug-likeness (QED) is 0.686. The van der Waals surface area contributed by atoms with Gasteiger partial charge >= 0.3 is 5.97 Å². The molecule has 1 saturated heterocycles. The van der Waals surface area contributed by atoms with Gasteiger partial charge in [-0.1, -0.05) is 24.6 Å². The van der Waals surface area contributed by atoms with Crippen LogP contribution in [0.25, 0.3) is 0 Å². The molecule has 0 aromatic heterocycles. The molecule has 156 valence electrons. The second-order valence-electron chi connectivity index (χ2n) is 7.02. The number of ether oxygens (including phenoxy) is 1. The lowest BCUT2D eigenvalue weighted by atomic mass is 9.99. The average molecular weight is 424 g/mol. The number of carboxylic acids is 1. The molecule has 0 radical (unpaired) electrons. The maximum Gasteiger partial charge on any atom is 0.338 e. The number of nitrogens with one attached hydrogen (secondary N) is 1. The van der Waals surface area contributed by atoms with E-state index in [-0.39, 0.29) is 23.2 Å². The smallest absolute Gasteiger partial charge is 0.338 e. The Morgan fingerprint density at radius 3 is 2.83 bits per heavy atom. The lowest BCUT2D eigenvalue weighted by Gasteiger charge is -2.39. The number of carbonyl (C=O) groups excluding carboxylic acids is 1. The van der Waals surface area contributed by atoms with E-state index in [1.165, 1.54) is 19.2 Å². The normalized spacial score (nSPS) is 21.9. The molecule has 1 unspecified atom stereocenters. The molecule has 0 saturated carbocycles. The Bertz CT molecular complexity index is 886. The number of hydrogen-bond acceptors (Lipinski definition) is 5. The summed E-state index contributed by atoms with van der Waals surface area (Å²) in [7, 11) is 1.53. The van der Waals surface area contributed by atoms with E-state index in [1.54, 1.807) is 11.0 Å². The third-order valence-corrected chi connectivity index (χ3v) is 5.67. The number of methoxy groups -OCH3 is 1. The second kappa shape index (κ2) is 8.92. The largest absolute Gasteiger partial charge is 0.478 e. The van der Waals surface area contributed by atoms with Crippen LogP contribution in [0.2, 0.25) is 0 Å². The van der Waals surface area contributed by atoms with Gasteiger partial charge in [0, 0.05) is 26.6 Å². The molecule has 9 heteroatoms. The first-order valence-electron chi connectivity index (χ1n) is 9.41. The van der Waals surface area contributed by atoms with Crippen molar-refractivity contribution in [1.82, 2.24) is 5.32 Å². The van der Waals surface area contributed by atoms with Gasteiger partial charge in [-0.05, 0) is 30.5 Å². The molecule has 3 rings (SSSR count). The SMILES string of the molecule is CCC1=C(Cl)N=C(C(=O)NC2CCN(c3cccc(C(=O)O)c3F)C[C@@H]2OC)C1. The van der Waals surface area contributed by atoms with Crippen molar-refractivity contribution in [2.24, 2.45) is 4.99 Å². The van der Waals surface area contributed by atoms with Gasteiger partial charge in [-0.25, -0.2) is 14.2 Å². The minimum Gasteiger partial charge on any atom is -0.478 e. The number of aliphatic imine (C=N–C) groups is 1. The fourth-order valence-electron chi connectivity index (χ4n) is 3.63. The fraction of sp³-hybridized carbons (Fsp3) is 0.450. The summed E-state index contributed by atoms with van der Waals surface area (Å²) < 4.78 is 20.1. The molecule has 0 aliphatic carbocycles. The van der Waals surface area contributed by atoms with Gasteiger partial charge in [0.05, 0.1) is 23.4 Å². The predicted octanol–water partition coefficient (Wildman–Crippen LogP) is 2.94. The predicted molar refractivity (Wildman–Crippen MR) is 108 cm³/mol. The third kappa shape index (κ3) is 4.43. The van der Waals surface area contributed by atoms with E-state index in [2.05, 4.69) is 10.3 Å². The Morgan fingerprint density at radius 2 is 2.21 bits per heavy atom. The molecule has 29 heavy (non-hydrogen) atoms. The van der Waals surface area contributed by atoms with Crippen molar-refractivity contribution in [1.29, 1.82) is 0 Å². The Morgan fingerprint density at radius 1 is 1.45 bits per heavy atom. The molecule has 1 fully saturated rings. The zero-order valence-corrected chi connectivity index (χ0v) is 17.0. The molecule has 2 aliphatic rings. The number of benzene rings is 1. The number of aromatic carboxylic acids is 1. The van der Waals surface area contributed by atoms with E-state index in [0.717, 1.165) is 12.0 Å². The number of carboxylic acid groups (broad SMARTS) is 1. The van der Waals surface area contributed by atoms with Crippen molar-refractivity contribution in [3.63, 3.8) is 0 Å². The summed E-state index contributed by atoms with van der Waals surface area (Å²) in [4.78, 5) is 29.7. The van der Waals surface area contributed by atoms with Crippen LogP contribution in [0.1, 0.15) is 36.5 Å². The van der Waals surface area contributed by atoms with E-state index in [0.29, 0.717) is 36.8 Å². The van der Waals surface area contributed by atoms with Crippen molar-refractivity contribution >= 4 is 34.9 Å². The number of anilines is 1. The highest BCUT2D eigenvalue weighted by Gasteiger charge is 2.33. The third-order valence-electron chi connectivity index (χ3n) is 5.32. The minimum atomic E-state index is -1.31. The number of amides is 1. The van der Waals surface area contributed by atoms with E-state index in [4.69, 9.17) is 21.4 Å². The molecular weight excluding hydrogens is 401 g/mol. The summed E-state index contributed by atoms with van der Waals surface area (Å²) in [6.07, 6.45) is 1.29. The number of rotatable bonds is 6. The first kappa shape index (κ1) is 21.3. The average Bonchev–Trinajstić information content (AvgIpc) is 3.09. The van der Waals surface area contributed by atoms with Crippen LogP contribution in [0.5, 0.6) is 0 Å². The van der Waals surface area contributed by atoms with Crippen molar-refractivity contribution in [3.8, 4) is 0 Å². The Balaban J connectivity index is 1.68. The zero-order chi connectivity index (χ0) is 21.1. The number of carbonyl (C=O) groups is 2. The summed E-state index contributed by atoms with van der Waals surface area (Å²) in [5.41, 5.74) is 1.15. The lowest BCUT2D eigenvalue weighted by Crippen LogP contribution is -2.56. The van der Waals surface area contributed by atoms with Gasteiger partial charge in [-0.3, -0.25) is 4.79 Å². The first-order valence-corrected chi connectivity index (χ1v) is 9.79. The fourth-order valence-corrected chi connectivity index (χ4v) is 3.94. The summed E-state index contributed by atoms with van der Waals surface area (Å²) in [5.74, 6) is -2.37. The van der Waals surface area contributed by atoms with Crippen LogP contribution in [-0.4, -0.2) is 55.0 Å². The van der Waals surface area contributed by atoms with Gasteiger partial charge in [0.2, 0.25) is 0 Å². The zero-order valence-electron chi connectivity index (χ0n) is 16.2. The molecule has 1 aromatic rings. The van der Waals surface area contributed by atoms with Gasteiger partial charge in [-0.15, -0.1) is 0 Å². The van der Waals surface area contributed by atoms with Crippen LogP contribution in [0, 0.1) is 5.82 Å². The highest BCUT2D eigenvalue weighted by Crippen LogP contribution is 2.28. The van der Waals surface area contributed by atoms with Gasteiger partial charge in [0.25, 0.3) is 5.91 Å². The van der Waals surface area contributed by atoms with E-state index >= 15 is 0 Å². The Hall–Kier alpha value is -2.45. The van der Waals surface area contributed by atoms with Crippen LogP contribution >= 0.6 is 11.6 Å². The molecule has 2 aliphatic heterocycles. The van der Waals surface area contributed by atoms with Crippen LogP contribution in [0.15, 0.2) is 33.9 Å². The van der Waals surface area contributed by atoms with Gasteiger partial charge in [0.1, 0.15) is 10.9 Å². The monoisotopic (exact) mass is 423 g/mol. The molecule has 2 heterocycles. The van der Waals surface area contributed by atoms with E-state index in [1.807, 2.05) is 6.92 Å². The molecule has 7 nitrogen and oxygen atoms in total. The number of nitrogens with zero attached hydrogens (tertiary/aromatic N) is 2. The maximum atomic E-state index is 14.6. The molecule has 2 atom stereocenters. The standard InChI is InChI=1S/C20H23ClFN3O4/c1-3-11-9-14(23-18(11)21)19(26)24-13-7-8-25(10-16(13)29-2)15-6-4-5-12(17(15)22)20(27)28/h4-6,13,16H,3,7-10H2,1-2H3,(H,24,26)(H,27,28)/t13?,16-/m0/s1. The minimum absolute atomic E-state index is 0.209. The summed E-state index contributed by atoms with van der Waals surface area (Å²) in [5, 5.41) is 12.5. The number of piperidine rings is 1.